The Hall–Kier alpha value is -1.07. The summed E-state index contributed by atoms with van der Waals surface area (Å²) in [6.45, 7) is 5.76. The number of hydrogen-bond acceptors (Lipinski definition) is 4. The highest BCUT2D eigenvalue weighted by atomic mass is 32.2. The first-order chi connectivity index (χ1) is 8.90. The molecule has 1 aromatic carbocycles. The van der Waals surface area contributed by atoms with Gasteiger partial charge in [0, 0.05) is 25.3 Å². The van der Waals surface area contributed by atoms with E-state index in [-0.39, 0.29) is 11.0 Å². The molecule has 1 aliphatic rings. The molecule has 1 aliphatic heterocycles. The minimum atomic E-state index is -2.95. The summed E-state index contributed by atoms with van der Waals surface area (Å²) in [4.78, 5) is 2.20. The lowest BCUT2D eigenvalue weighted by Crippen LogP contribution is -2.35. The highest BCUT2D eigenvalue weighted by Gasteiger charge is 2.21. The van der Waals surface area contributed by atoms with E-state index >= 15 is 0 Å². The number of nitrogens with zero attached hydrogens (tertiary/aromatic N) is 1. The van der Waals surface area contributed by atoms with Crippen molar-refractivity contribution in [2.24, 2.45) is 0 Å². The van der Waals surface area contributed by atoms with Gasteiger partial charge >= 0.3 is 0 Å². The lowest BCUT2D eigenvalue weighted by molar-refractivity contribution is 0.269. The topological polar surface area (TPSA) is 63.4 Å². The van der Waals surface area contributed by atoms with Crippen molar-refractivity contribution in [3.8, 4) is 0 Å². The van der Waals surface area contributed by atoms with Gasteiger partial charge in [-0.1, -0.05) is 12.1 Å². The molecule has 4 nitrogen and oxygen atoms in total. The zero-order valence-corrected chi connectivity index (χ0v) is 12.4. The Balaban J connectivity index is 2.00. The van der Waals surface area contributed by atoms with Crippen LogP contribution in [0.5, 0.6) is 0 Å². The van der Waals surface area contributed by atoms with Gasteiger partial charge in [0.15, 0.2) is 9.84 Å². The molecule has 0 amide bonds. The first-order valence-electron chi connectivity index (χ1n) is 6.70. The van der Waals surface area contributed by atoms with Gasteiger partial charge in [-0.25, -0.2) is 8.42 Å². The molecule has 0 spiro atoms. The maximum atomic E-state index is 11.8. The summed E-state index contributed by atoms with van der Waals surface area (Å²) in [6.07, 6.45) is 0.906. The lowest BCUT2D eigenvalue weighted by atomic mass is 9.98. The van der Waals surface area contributed by atoms with Crippen molar-refractivity contribution in [1.29, 1.82) is 0 Å². The van der Waals surface area contributed by atoms with Crippen LogP contribution in [0.2, 0.25) is 0 Å². The molecule has 1 heterocycles. The van der Waals surface area contributed by atoms with Gasteiger partial charge in [0.2, 0.25) is 0 Å². The predicted octanol–water partition coefficient (Wildman–Crippen LogP) is 1.45. The molecule has 106 valence electrons. The Kier molecular flexibility index (Phi) is 4.16. The van der Waals surface area contributed by atoms with Crippen molar-refractivity contribution in [1.82, 2.24) is 4.90 Å². The first-order valence-corrected chi connectivity index (χ1v) is 8.42. The largest absolute Gasteiger partial charge is 0.398 e. The Morgan fingerprint density at radius 2 is 2.11 bits per heavy atom. The van der Waals surface area contributed by atoms with Crippen LogP contribution in [0, 0.1) is 0 Å². The van der Waals surface area contributed by atoms with Gasteiger partial charge in [0.05, 0.1) is 11.0 Å². The molecule has 0 unspecified atom stereocenters. The van der Waals surface area contributed by atoms with Gasteiger partial charge in [0.1, 0.15) is 0 Å². The normalized spacial score (nSPS) is 16.6. The van der Waals surface area contributed by atoms with Crippen molar-refractivity contribution < 1.29 is 8.42 Å². The molecule has 19 heavy (non-hydrogen) atoms. The van der Waals surface area contributed by atoms with Crippen molar-refractivity contribution in [3.05, 3.63) is 29.3 Å². The molecule has 0 radical (unpaired) electrons. The molecule has 0 saturated carbocycles. The number of rotatable bonds is 4. The van der Waals surface area contributed by atoms with Crippen LogP contribution in [-0.4, -0.2) is 37.4 Å². The summed E-state index contributed by atoms with van der Waals surface area (Å²) >= 11 is 0. The highest BCUT2D eigenvalue weighted by molar-refractivity contribution is 7.92. The van der Waals surface area contributed by atoms with Crippen LogP contribution in [-0.2, 0) is 22.8 Å². The number of anilines is 1. The molecule has 0 fully saturated rings. The maximum Gasteiger partial charge on any atom is 0.153 e. The summed E-state index contributed by atoms with van der Waals surface area (Å²) in [5.41, 5.74) is 9.27. The van der Waals surface area contributed by atoms with Crippen LogP contribution in [0.4, 0.5) is 5.69 Å². The number of fused-ring (bicyclic) bond motifs is 1. The molecule has 1 aromatic rings. The first kappa shape index (κ1) is 14.3. The SMILES string of the molecule is CC(C)S(=O)(=O)CCN1CCc2c(N)cccc2C1. The Morgan fingerprint density at radius 3 is 2.79 bits per heavy atom. The second-order valence-electron chi connectivity index (χ2n) is 5.43. The Labute approximate surface area is 115 Å². The van der Waals surface area contributed by atoms with Crippen LogP contribution in [0.25, 0.3) is 0 Å². The molecule has 0 aromatic heterocycles. The van der Waals surface area contributed by atoms with Crippen LogP contribution < -0.4 is 5.73 Å². The maximum absolute atomic E-state index is 11.8. The summed E-state index contributed by atoms with van der Waals surface area (Å²) < 4.78 is 23.7. The van der Waals surface area contributed by atoms with Gasteiger partial charge in [0.25, 0.3) is 0 Å². The zero-order valence-electron chi connectivity index (χ0n) is 11.6. The number of sulfone groups is 1. The minimum absolute atomic E-state index is 0.238. The second kappa shape index (κ2) is 5.51. The van der Waals surface area contributed by atoms with Gasteiger partial charge in [-0.3, -0.25) is 4.90 Å². The van der Waals surface area contributed by atoms with E-state index in [2.05, 4.69) is 11.0 Å². The van der Waals surface area contributed by atoms with Crippen molar-refractivity contribution in [2.45, 2.75) is 32.1 Å². The van der Waals surface area contributed by atoms with Crippen molar-refractivity contribution in [2.75, 3.05) is 24.6 Å². The number of benzene rings is 1. The number of nitrogen functional groups attached to an aromatic ring is 1. The molecular weight excluding hydrogens is 260 g/mol. The van der Waals surface area contributed by atoms with Crippen molar-refractivity contribution in [3.63, 3.8) is 0 Å². The molecule has 0 atom stereocenters. The smallest absolute Gasteiger partial charge is 0.153 e. The summed E-state index contributed by atoms with van der Waals surface area (Å²) in [5, 5.41) is -0.291. The van der Waals surface area contributed by atoms with E-state index in [0.29, 0.717) is 6.54 Å². The predicted molar refractivity (Wildman–Crippen MR) is 78.8 cm³/mol. The average Bonchev–Trinajstić information content (AvgIpc) is 2.36. The number of nitrogens with two attached hydrogens (primary N) is 1. The fraction of sp³-hybridized carbons (Fsp3) is 0.571. The average molecular weight is 282 g/mol. The third kappa shape index (κ3) is 3.28. The van der Waals surface area contributed by atoms with Crippen LogP contribution in [0.1, 0.15) is 25.0 Å². The van der Waals surface area contributed by atoms with Gasteiger partial charge in [-0.15, -0.1) is 0 Å². The second-order valence-corrected chi connectivity index (χ2v) is 8.10. The standard InChI is InChI=1S/C14H22N2O2S/c1-11(2)19(17,18)9-8-16-7-6-13-12(10-16)4-3-5-14(13)15/h3-5,11H,6-10,15H2,1-2H3. The van der Waals surface area contributed by atoms with E-state index in [9.17, 15) is 8.42 Å². The molecule has 0 aliphatic carbocycles. The quantitative estimate of drug-likeness (QED) is 0.849. The molecule has 2 rings (SSSR count). The Morgan fingerprint density at radius 1 is 1.37 bits per heavy atom. The monoisotopic (exact) mass is 282 g/mol. The van der Waals surface area contributed by atoms with Crippen LogP contribution >= 0.6 is 0 Å². The van der Waals surface area contributed by atoms with Gasteiger partial charge in [-0.05, 0) is 37.5 Å². The summed E-state index contributed by atoms with van der Waals surface area (Å²) in [7, 11) is -2.95. The van der Waals surface area contributed by atoms with Crippen molar-refractivity contribution >= 4 is 15.5 Å². The minimum Gasteiger partial charge on any atom is -0.398 e. The van der Waals surface area contributed by atoms with E-state index in [1.807, 2.05) is 12.1 Å². The Bertz CT molecular complexity index is 553. The third-order valence-electron chi connectivity index (χ3n) is 3.79. The van der Waals surface area contributed by atoms with Gasteiger partial charge < -0.3 is 5.73 Å². The lowest BCUT2D eigenvalue weighted by Gasteiger charge is -2.29. The third-order valence-corrected chi connectivity index (χ3v) is 5.98. The highest BCUT2D eigenvalue weighted by Crippen LogP contribution is 2.23. The molecule has 0 bridgehead atoms. The van der Waals surface area contributed by atoms with E-state index in [1.165, 1.54) is 11.1 Å². The summed E-state index contributed by atoms with van der Waals surface area (Å²) in [6, 6.07) is 5.97. The molecule has 0 saturated heterocycles. The molecule has 2 N–H and O–H groups in total. The summed E-state index contributed by atoms with van der Waals surface area (Å²) in [5.74, 6) is 0.238. The van der Waals surface area contributed by atoms with E-state index in [1.54, 1.807) is 13.8 Å². The van der Waals surface area contributed by atoms with Crippen LogP contribution in [0.3, 0.4) is 0 Å². The number of hydrogen-bond donors (Lipinski definition) is 1. The van der Waals surface area contributed by atoms with Crippen LogP contribution in [0.15, 0.2) is 18.2 Å². The van der Waals surface area contributed by atoms with E-state index < -0.39 is 9.84 Å². The van der Waals surface area contributed by atoms with E-state index in [0.717, 1.165) is 25.2 Å². The van der Waals surface area contributed by atoms with E-state index in [4.69, 9.17) is 5.73 Å². The van der Waals surface area contributed by atoms with Gasteiger partial charge in [-0.2, -0.15) is 0 Å². The zero-order chi connectivity index (χ0) is 14.0. The fourth-order valence-corrected chi connectivity index (χ4v) is 3.36. The molecule has 5 heteroatoms. The fourth-order valence-electron chi connectivity index (χ4n) is 2.38. The molecular formula is C14H22N2O2S.